The first-order chi connectivity index (χ1) is 17.6. The highest BCUT2D eigenvalue weighted by Crippen LogP contribution is 2.30. The number of piperidine rings is 1. The topological polar surface area (TPSA) is 89.7 Å². The number of methoxy groups -OCH3 is 1. The first kappa shape index (κ1) is 23.8. The van der Waals surface area contributed by atoms with E-state index in [9.17, 15) is 9.90 Å². The van der Waals surface area contributed by atoms with E-state index in [1.54, 1.807) is 7.11 Å². The standard InChI is InChI=1S/C28H30N4O4/c1-35-24-10-7-20(8-11-24)12-15-32-17-26(29-30-32)25-13-14-31(28(33)34)18-27(25)36-19-21-6-9-22-4-2-3-5-23(22)16-21/h2-11,16-17,25,27H,12-15,18-19H2,1H3,(H,33,34)/t25-,27+/m0/s1. The maximum Gasteiger partial charge on any atom is 0.407 e. The van der Waals surface area contributed by atoms with Crippen LogP contribution in [0.1, 0.15) is 29.2 Å². The van der Waals surface area contributed by atoms with Crippen LogP contribution in [0.4, 0.5) is 4.79 Å². The van der Waals surface area contributed by atoms with Gasteiger partial charge in [0, 0.05) is 25.2 Å². The van der Waals surface area contributed by atoms with Crippen molar-refractivity contribution in [3.63, 3.8) is 0 Å². The molecule has 0 unspecified atom stereocenters. The first-order valence-electron chi connectivity index (χ1n) is 12.2. The lowest BCUT2D eigenvalue weighted by Crippen LogP contribution is -2.46. The molecule has 186 valence electrons. The van der Waals surface area contributed by atoms with Gasteiger partial charge in [0.05, 0.1) is 32.1 Å². The van der Waals surface area contributed by atoms with E-state index in [0.29, 0.717) is 32.7 Å². The van der Waals surface area contributed by atoms with E-state index in [4.69, 9.17) is 9.47 Å². The summed E-state index contributed by atoms with van der Waals surface area (Å²) in [6.45, 7) is 1.88. The number of likely N-dealkylation sites (tertiary alicyclic amines) is 1. The number of amides is 1. The molecule has 0 aliphatic carbocycles. The van der Waals surface area contributed by atoms with Crippen LogP contribution in [0.15, 0.2) is 72.9 Å². The van der Waals surface area contributed by atoms with Gasteiger partial charge in [-0.3, -0.25) is 4.68 Å². The second kappa shape index (κ2) is 10.8. The second-order valence-corrected chi connectivity index (χ2v) is 9.16. The summed E-state index contributed by atoms with van der Waals surface area (Å²) in [6.07, 6.45) is 2.22. The van der Waals surface area contributed by atoms with E-state index in [1.165, 1.54) is 15.8 Å². The normalized spacial score (nSPS) is 17.9. The summed E-state index contributed by atoms with van der Waals surface area (Å²) in [5.74, 6) is 0.819. The fourth-order valence-corrected chi connectivity index (χ4v) is 4.76. The van der Waals surface area contributed by atoms with Crippen molar-refractivity contribution in [3.05, 3.63) is 89.7 Å². The number of carbonyl (C=O) groups is 1. The molecule has 1 aliphatic rings. The zero-order chi connectivity index (χ0) is 24.9. The lowest BCUT2D eigenvalue weighted by atomic mass is 9.91. The molecule has 1 fully saturated rings. The third-order valence-electron chi connectivity index (χ3n) is 6.83. The van der Waals surface area contributed by atoms with Gasteiger partial charge in [-0.25, -0.2) is 4.79 Å². The Morgan fingerprint density at radius 3 is 2.61 bits per heavy atom. The summed E-state index contributed by atoms with van der Waals surface area (Å²) < 4.78 is 13.4. The van der Waals surface area contributed by atoms with Crippen molar-refractivity contribution in [1.29, 1.82) is 0 Å². The predicted octanol–water partition coefficient (Wildman–Crippen LogP) is 4.74. The van der Waals surface area contributed by atoms with Crippen molar-refractivity contribution in [1.82, 2.24) is 19.9 Å². The molecular formula is C28H30N4O4. The molecule has 1 saturated heterocycles. The SMILES string of the molecule is COc1ccc(CCn2cc([C@@H]3CCN(C(=O)O)C[C@H]3OCc3ccc4ccccc4c3)nn2)cc1. The molecule has 0 radical (unpaired) electrons. The number of rotatable bonds is 8. The molecule has 0 saturated carbocycles. The van der Waals surface area contributed by atoms with E-state index >= 15 is 0 Å². The molecule has 2 atom stereocenters. The number of aromatic nitrogens is 3. The fourth-order valence-electron chi connectivity index (χ4n) is 4.76. The maximum absolute atomic E-state index is 11.7. The lowest BCUT2D eigenvalue weighted by Gasteiger charge is -2.36. The largest absolute Gasteiger partial charge is 0.497 e. The van der Waals surface area contributed by atoms with Crippen molar-refractivity contribution >= 4 is 16.9 Å². The van der Waals surface area contributed by atoms with E-state index < -0.39 is 6.09 Å². The summed E-state index contributed by atoms with van der Waals surface area (Å²) in [6, 6.07) is 22.5. The minimum absolute atomic E-state index is 0.0178. The van der Waals surface area contributed by atoms with Crippen LogP contribution in [0.3, 0.4) is 0 Å². The Morgan fingerprint density at radius 2 is 1.83 bits per heavy atom. The van der Waals surface area contributed by atoms with E-state index in [0.717, 1.165) is 28.8 Å². The molecule has 1 aliphatic heterocycles. The summed E-state index contributed by atoms with van der Waals surface area (Å²) in [5, 5.41) is 20.7. The summed E-state index contributed by atoms with van der Waals surface area (Å²) >= 11 is 0. The average molecular weight is 487 g/mol. The minimum atomic E-state index is -0.920. The van der Waals surface area contributed by atoms with Crippen LogP contribution in [-0.2, 0) is 24.3 Å². The van der Waals surface area contributed by atoms with E-state index in [1.807, 2.05) is 35.1 Å². The smallest absolute Gasteiger partial charge is 0.407 e. The number of fused-ring (bicyclic) bond motifs is 1. The molecule has 8 nitrogen and oxygen atoms in total. The van der Waals surface area contributed by atoms with Crippen molar-refractivity contribution < 1.29 is 19.4 Å². The Morgan fingerprint density at radius 1 is 1.06 bits per heavy atom. The Balaban J connectivity index is 1.26. The highest BCUT2D eigenvalue weighted by Gasteiger charge is 2.35. The predicted molar refractivity (Wildman–Crippen MR) is 136 cm³/mol. The minimum Gasteiger partial charge on any atom is -0.497 e. The summed E-state index contributed by atoms with van der Waals surface area (Å²) in [7, 11) is 1.66. The zero-order valence-corrected chi connectivity index (χ0v) is 20.3. The summed E-state index contributed by atoms with van der Waals surface area (Å²) in [4.78, 5) is 13.1. The molecular weight excluding hydrogens is 456 g/mol. The number of hydrogen-bond donors (Lipinski definition) is 1. The van der Waals surface area contributed by atoms with Crippen LogP contribution < -0.4 is 4.74 Å². The average Bonchev–Trinajstić information content (AvgIpc) is 3.39. The molecule has 0 spiro atoms. The molecule has 4 aromatic rings. The highest BCUT2D eigenvalue weighted by atomic mass is 16.5. The number of hydrogen-bond acceptors (Lipinski definition) is 5. The van der Waals surface area contributed by atoms with E-state index in [-0.39, 0.29) is 12.0 Å². The molecule has 5 rings (SSSR count). The molecule has 3 aromatic carbocycles. The molecule has 1 aromatic heterocycles. The first-order valence-corrected chi connectivity index (χ1v) is 12.2. The fraction of sp³-hybridized carbons (Fsp3) is 0.321. The van der Waals surface area contributed by atoms with Crippen LogP contribution in [0, 0.1) is 0 Å². The van der Waals surface area contributed by atoms with Crippen LogP contribution in [-0.4, -0.2) is 57.4 Å². The zero-order valence-electron chi connectivity index (χ0n) is 20.3. The molecule has 8 heteroatoms. The Labute approximate surface area is 210 Å². The number of nitrogens with zero attached hydrogens (tertiary/aromatic N) is 4. The van der Waals surface area contributed by atoms with Gasteiger partial charge in [-0.15, -0.1) is 5.10 Å². The monoisotopic (exact) mass is 486 g/mol. The van der Waals surface area contributed by atoms with Crippen molar-refractivity contribution in [2.24, 2.45) is 0 Å². The van der Waals surface area contributed by atoms with Crippen LogP contribution in [0.5, 0.6) is 5.75 Å². The molecule has 2 heterocycles. The van der Waals surface area contributed by atoms with Gasteiger partial charge in [-0.1, -0.05) is 53.7 Å². The van der Waals surface area contributed by atoms with Gasteiger partial charge in [-0.2, -0.15) is 0 Å². The number of benzene rings is 3. The number of carboxylic acid groups (broad SMARTS) is 1. The number of aryl methyl sites for hydroxylation is 2. The molecule has 1 N–H and O–H groups in total. The molecule has 1 amide bonds. The third-order valence-corrected chi connectivity index (χ3v) is 6.83. The highest BCUT2D eigenvalue weighted by molar-refractivity contribution is 5.82. The molecule has 0 bridgehead atoms. The third kappa shape index (κ3) is 5.49. The van der Waals surface area contributed by atoms with Gasteiger partial charge in [0.2, 0.25) is 0 Å². The van der Waals surface area contributed by atoms with Gasteiger partial charge in [-0.05, 0) is 52.9 Å². The van der Waals surface area contributed by atoms with Crippen LogP contribution >= 0.6 is 0 Å². The van der Waals surface area contributed by atoms with Gasteiger partial charge in [0.15, 0.2) is 0 Å². The van der Waals surface area contributed by atoms with Crippen LogP contribution in [0.25, 0.3) is 10.8 Å². The van der Waals surface area contributed by atoms with Gasteiger partial charge in [0.25, 0.3) is 0 Å². The van der Waals surface area contributed by atoms with E-state index in [2.05, 4.69) is 52.8 Å². The Kier molecular flexibility index (Phi) is 7.13. The van der Waals surface area contributed by atoms with Crippen molar-refractivity contribution in [2.45, 2.75) is 38.0 Å². The summed E-state index contributed by atoms with van der Waals surface area (Å²) in [5.41, 5.74) is 3.10. The quantitative estimate of drug-likeness (QED) is 0.387. The lowest BCUT2D eigenvalue weighted by molar-refractivity contribution is -0.0208. The van der Waals surface area contributed by atoms with Crippen molar-refractivity contribution in [2.75, 3.05) is 20.2 Å². The van der Waals surface area contributed by atoms with Gasteiger partial charge in [0.1, 0.15) is 5.75 Å². The number of ether oxygens (including phenoxy) is 2. The van der Waals surface area contributed by atoms with Gasteiger partial charge < -0.3 is 19.5 Å². The Hall–Kier alpha value is -3.91. The van der Waals surface area contributed by atoms with Crippen molar-refractivity contribution in [3.8, 4) is 5.75 Å². The van der Waals surface area contributed by atoms with Gasteiger partial charge >= 0.3 is 6.09 Å². The maximum atomic E-state index is 11.7. The second-order valence-electron chi connectivity index (χ2n) is 9.16. The Bertz CT molecular complexity index is 1320. The van der Waals surface area contributed by atoms with Crippen LogP contribution in [0.2, 0.25) is 0 Å². The molecule has 36 heavy (non-hydrogen) atoms.